The third-order valence-electron chi connectivity index (χ3n) is 1.70. The molecule has 0 unspecified atom stereocenters. The van der Waals surface area contributed by atoms with Gasteiger partial charge in [-0.05, 0) is 38.4 Å². The topological polar surface area (TPSA) is 116 Å². The van der Waals surface area contributed by atoms with Gasteiger partial charge in [0.2, 0.25) is 0 Å². The third kappa shape index (κ3) is 2.88. The average Bonchev–Trinajstić information content (AvgIpc) is 2.87. The molecule has 2 aromatic heterocycles. The largest absolute Gasteiger partial charge is 0.380 e. The molecule has 2 rings (SSSR count). The quantitative estimate of drug-likeness (QED) is 0.502. The van der Waals surface area contributed by atoms with Gasteiger partial charge in [-0.1, -0.05) is 0 Å². The molecule has 0 fully saturated rings. The number of rotatable bonds is 3. The first-order valence-electron chi connectivity index (χ1n) is 4.37. The summed E-state index contributed by atoms with van der Waals surface area (Å²) in [6, 6.07) is 3.81. The lowest BCUT2D eigenvalue weighted by atomic mass is 10.4. The van der Waals surface area contributed by atoms with Crippen molar-refractivity contribution in [1.82, 2.24) is 10.3 Å². The van der Waals surface area contributed by atoms with E-state index in [2.05, 4.69) is 41.1 Å². The van der Waals surface area contributed by atoms with Gasteiger partial charge < -0.3 is 11.5 Å². The monoisotopic (exact) mass is 314 g/mol. The Bertz CT molecular complexity index is 574. The Kier molecular flexibility index (Phi) is 3.49. The third-order valence-corrected chi connectivity index (χ3v) is 3.26. The molecule has 0 aliphatic rings. The fourth-order valence-corrected chi connectivity index (χ4v) is 2.26. The second-order valence-corrected chi connectivity index (χ2v) is 5.36. The van der Waals surface area contributed by atoms with Crippen molar-refractivity contribution in [3.8, 4) is 0 Å². The Morgan fingerprint density at radius 2 is 2.29 bits per heavy atom. The number of hydrogen-bond donors (Lipinski definition) is 2. The van der Waals surface area contributed by atoms with E-state index in [4.69, 9.17) is 11.5 Å². The van der Waals surface area contributed by atoms with Gasteiger partial charge in [0, 0.05) is 4.88 Å². The summed E-state index contributed by atoms with van der Waals surface area (Å²) in [6.45, 7) is 0. The number of halogens is 1. The van der Waals surface area contributed by atoms with Crippen molar-refractivity contribution in [3.63, 3.8) is 0 Å². The Morgan fingerprint density at radius 1 is 1.47 bits per heavy atom. The van der Waals surface area contributed by atoms with Gasteiger partial charge in [-0.2, -0.15) is 5.10 Å². The van der Waals surface area contributed by atoms with Crippen LogP contribution in [-0.4, -0.2) is 22.4 Å². The molecule has 2 heterocycles. The zero-order valence-corrected chi connectivity index (χ0v) is 10.8. The van der Waals surface area contributed by atoms with Crippen LogP contribution in [0.5, 0.6) is 0 Å². The summed E-state index contributed by atoms with van der Waals surface area (Å²) in [5, 5.41) is 14.4. The highest BCUT2D eigenvalue weighted by Crippen LogP contribution is 2.20. The number of nitrogens with two attached hydrogens (primary N) is 2. The fourth-order valence-electron chi connectivity index (χ4n) is 0.966. The molecule has 0 bridgehead atoms. The lowest BCUT2D eigenvalue weighted by Crippen LogP contribution is -2.15. The van der Waals surface area contributed by atoms with Gasteiger partial charge in [0.25, 0.3) is 0 Å². The van der Waals surface area contributed by atoms with Crippen LogP contribution in [0.4, 0.5) is 5.82 Å². The van der Waals surface area contributed by atoms with Crippen LogP contribution >= 0.6 is 27.3 Å². The highest BCUT2D eigenvalue weighted by Gasteiger charge is 2.09. The van der Waals surface area contributed by atoms with E-state index >= 15 is 0 Å². The van der Waals surface area contributed by atoms with E-state index in [-0.39, 0.29) is 17.3 Å². The molecule has 4 N–H and O–H groups in total. The van der Waals surface area contributed by atoms with E-state index < -0.39 is 0 Å². The van der Waals surface area contributed by atoms with Crippen LogP contribution in [0, 0.1) is 0 Å². The van der Waals surface area contributed by atoms with Crippen LogP contribution in [-0.2, 0) is 0 Å². The van der Waals surface area contributed by atoms with Crippen molar-refractivity contribution in [2.24, 2.45) is 15.9 Å². The van der Waals surface area contributed by atoms with Gasteiger partial charge in [-0.15, -0.1) is 16.4 Å². The lowest BCUT2D eigenvalue weighted by Gasteiger charge is -1.90. The zero-order chi connectivity index (χ0) is 12.3. The first kappa shape index (κ1) is 11.7. The number of thiophene rings is 1. The maximum Gasteiger partial charge on any atom is 0.199 e. The summed E-state index contributed by atoms with van der Waals surface area (Å²) in [6.07, 6.45) is 1.58. The molecule has 17 heavy (non-hydrogen) atoms. The van der Waals surface area contributed by atoms with Crippen molar-refractivity contribution < 1.29 is 4.63 Å². The summed E-state index contributed by atoms with van der Waals surface area (Å²) in [4.78, 5) is 0.944. The smallest absolute Gasteiger partial charge is 0.199 e. The first-order valence-corrected chi connectivity index (χ1v) is 5.98. The number of nitrogens with zero attached hydrogens (tertiary/aromatic N) is 4. The Hall–Kier alpha value is -1.74. The van der Waals surface area contributed by atoms with Crippen molar-refractivity contribution in [2.45, 2.75) is 0 Å². The summed E-state index contributed by atoms with van der Waals surface area (Å²) >= 11 is 4.87. The molecule has 0 aliphatic heterocycles. The molecule has 9 heteroatoms. The minimum atomic E-state index is 0.0515. The normalized spacial score (nSPS) is 12.4. The van der Waals surface area contributed by atoms with Gasteiger partial charge >= 0.3 is 0 Å². The lowest BCUT2D eigenvalue weighted by molar-refractivity contribution is 0.308. The Labute approximate surface area is 108 Å². The molecule has 2 aromatic rings. The fraction of sp³-hybridized carbons (Fsp3) is 0. The van der Waals surface area contributed by atoms with E-state index in [0.717, 1.165) is 8.66 Å². The van der Waals surface area contributed by atoms with Crippen molar-refractivity contribution >= 4 is 45.1 Å². The molecule has 0 saturated carbocycles. The predicted molar refractivity (Wildman–Crippen MR) is 69.0 cm³/mol. The zero-order valence-electron chi connectivity index (χ0n) is 8.37. The number of nitrogen functional groups attached to an aromatic ring is 1. The summed E-state index contributed by atoms with van der Waals surface area (Å²) in [7, 11) is 0. The van der Waals surface area contributed by atoms with E-state index in [9.17, 15) is 0 Å². The second-order valence-electron chi connectivity index (χ2n) is 2.87. The number of aromatic nitrogens is 2. The molecule has 0 radical (unpaired) electrons. The van der Waals surface area contributed by atoms with Crippen molar-refractivity contribution in [2.75, 3.05) is 5.73 Å². The minimum absolute atomic E-state index is 0.0515. The highest BCUT2D eigenvalue weighted by molar-refractivity contribution is 9.11. The molecule has 7 nitrogen and oxygen atoms in total. The van der Waals surface area contributed by atoms with Gasteiger partial charge in [0.1, 0.15) is 0 Å². The minimum Gasteiger partial charge on any atom is -0.380 e. The SMILES string of the molecule is N/C(=N\N=C\c1ccc(Br)s1)c1nonc1N. The van der Waals surface area contributed by atoms with E-state index in [1.165, 1.54) is 11.3 Å². The standard InChI is InChI=1S/C8H7BrN6OS/c9-5-2-1-4(17-5)3-12-13-7(10)6-8(11)15-16-14-6/h1-3H,(H2,10,13)(H2,11,15)/b12-3+. The van der Waals surface area contributed by atoms with Gasteiger partial charge in [-0.3, -0.25) is 0 Å². The molecule has 0 amide bonds. The Morgan fingerprint density at radius 3 is 2.88 bits per heavy atom. The summed E-state index contributed by atoms with van der Waals surface area (Å²) in [5.41, 5.74) is 11.2. The van der Waals surface area contributed by atoms with E-state index in [0.29, 0.717) is 0 Å². The van der Waals surface area contributed by atoms with E-state index in [1.807, 2.05) is 12.1 Å². The predicted octanol–water partition coefficient (Wildman–Crippen LogP) is 1.22. The van der Waals surface area contributed by atoms with Crippen LogP contribution in [0.15, 0.2) is 30.8 Å². The van der Waals surface area contributed by atoms with E-state index in [1.54, 1.807) is 6.21 Å². The van der Waals surface area contributed by atoms with Gasteiger partial charge in [0.05, 0.1) is 10.0 Å². The molecule has 0 spiro atoms. The van der Waals surface area contributed by atoms with Crippen molar-refractivity contribution in [3.05, 3.63) is 26.5 Å². The Balaban J connectivity index is 2.11. The molecule has 0 aliphatic carbocycles. The molecular weight excluding hydrogens is 308 g/mol. The number of anilines is 1. The molecule has 0 atom stereocenters. The molecular formula is C8H7BrN6OS. The van der Waals surface area contributed by atoms with Crippen LogP contribution in [0.2, 0.25) is 0 Å². The molecule has 0 saturated heterocycles. The average molecular weight is 315 g/mol. The van der Waals surface area contributed by atoms with Crippen molar-refractivity contribution in [1.29, 1.82) is 0 Å². The molecule has 0 aromatic carbocycles. The number of hydrogen-bond acceptors (Lipinski definition) is 7. The maximum absolute atomic E-state index is 5.60. The van der Waals surface area contributed by atoms with Crippen LogP contribution in [0.3, 0.4) is 0 Å². The van der Waals surface area contributed by atoms with Crippen LogP contribution in [0.25, 0.3) is 0 Å². The van der Waals surface area contributed by atoms with Gasteiger partial charge in [0.15, 0.2) is 17.3 Å². The highest BCUT2D eigenvalue weighted by atomic mass is 79.9. The number of amidine groups is 1. The van der Waals surface area contributed by atoms with Crippen LogP contribution in [0.1, 0.15) is 10.6 Å². The summed E-state index contributed by atoms with van der Waals surface area (Å²) in [5.74, 6) is 0.135. The first-order chi connectivity index (χ1) is 8.16. The molecule has 88 valence electrons. The second kappa shape index (κ2) is 5.06. The maximum atomic E-state index is 5.60. The summed E-state index contributed by atoms with van der Waals surface area (Å²) < 4.78 is 5.41. The van der Waals surface area contributed by atoms with Crippen LogP contribution < -0.4 is 11.5 Å². The van der Waals surface area contributed by atoms with Gasteiger partial charge in [-0.25, -0.2) is 4.63 Å².